The molecule has 1 aromatic rings. The Morgan fingerprint density at radius 2 is 1.73 bits per heavy atom. The maximum atomic E-state index is 12.1. The van der Waals surface area contributed by atoms with Gasteiger partial charge in [-0.1, -0.05) is 12.1 Å². The summed E-state index contributed by atoms with van der Waals surface area (Å²) in [7, 11) is 0. The van der Waals surface area contributed by atoms with Crippen molar-refractivity contribution in [1.82, 2.24) is 5.32 Å². The summed E-state index contributed by atoms with van der Waals surface area (Å²) < 4.78 is 5.27. The number of anilines is 1. The Bertz CT molecular complexity index is 531. The summed E-state index contributed by atoms with van der Waals surface area (Å²) >= 11 is 0. The minimum absolute atomic E-state index is 0.0396. The molecule has 2 amide bonds. The first-order valence-corrected chi connectivity index (χ1v) is 7.97. The van der Waals surface area contributed by atoms with E-state index in [2.05, 4.69) is 10.6 Å². The van der Waals surface area contributed by atoms with E-state index in [1.165, 1.54) is 0 Å². The Kier molecular flexibility index (Phi) is 4.73. The number of benzene rings is 1. The van der Waals surface area contributed by atoms with Crippen molar-refractivity contribution in [3.63, 3.8) is 0 Å². The number of nitrogens with one attached hydrogen (secondary N) is 2. The molecule has 5 nitrogen and oxygen atoms in total. The molecule has 1 saturated heterocycles. The molecule has 2 aliphatic rings. The number of hydrogen-bond donors (Lipinski definition) is 2. The molecule has 1 aliphatic carbocycles. The van der Waals surface area contributed by atoms with Crippen LogP contribution in [0, 0.1) is 5.92 Å². The van der Waals surface area contributed by atoms with Gasteiger partial charge in [0, 0.05) is 30.9 Å². The molecule has 0 aromatic heterocycles. The van der Waals surface area contributed by atoms with Gasteiger partial charge in [-0.25, -0.2) is 0 Å². The molecule has 1 aromatic carbocycles. The van der Waals surface area contributed by atoms with Gasteiger partial charge in [-0.15, -0.1) is 0 Å². The number of rotatable bonds is 5. The molecule has 5 heteroatoms. The number of ether oxygens (including phenoxy) is 1. The van der Waals surface area contributed by atoms with E-state index in [4.69, 9.17) is 4.74 Å². The van der Waals surface area contributed by atoms with Crippen LogP contribution < -0.4 is 10.6 Å². The molecule has 1 saturated carbocycles. The van der Waals surface area contributed by atoms with Crippen LogP contribution in [-0.4, -0.2) is 31.1 Å². The molecule has 2 fully saturated rings. The van der Waals surface area contributed by atoms with Crippen LogP contribution in [-0.2, 0) is 20.7 Å². The molecule has 2 N–H and O–H groups in total. The zero-order valence-corrected chi connectivity index (χ0v) is 12.6. The Morgan fingerprint density at radius 3 is 2.36 bits per heavy atom. The van der Waals surface area contributed by atoms with Crippen molar-refractivity contribution in [2.24, 2.45) is 5.92 Å². The highest BCUT2D eigenvalue weighted by Crippen LogP contribution is 2.20. The SMILES string of the molecule is O=C(Cc1ccc(NC(=O)C2CCOCC2)cc1)NC1CC1. The number of carbonyl (C=O) groups excluding carboxylic acids is 2. The van der Waals surface area contributed by atoms with Crippen LogP contribution in [0.15, 0.2) is 24.3 Å². The Morgan fingerprint density at radius 1 is 1.05 bits per heavy atom. The van der Waals surface area contributed by atoms with Gasteiger partial charge < -0.3 is 15.4 Å². The van der Waals surface area contributed by atoms with E-state index < -0.39 is 0 Å². The third-order valence-electron chi connectivity index (χ3n) is 4.12. The van der Waals surface area contributed by atoms with E-state index in [9.17, 15) is 9.59 Å². The lowest BCUT2D eigenvalue weighted by Crippen LogP contribution is -2.28. The summed E-state index contributed by atoms with van der Waals surface area (Å²) in [6, 6.07) is 7.90. The first kappa shape index (κ1) is 15.0. The first-order chi connectivity index (χ1) is 10.7. The second-order valence-electron chi connectivity index (χ2n) is 6.09. The monoisotopic (exact) mass is 302 g/mol. The molecule has 0 bridgehead atoms. The van der Waals surface area contributed by atoms with Crippen LogP contribution >= 0.6 is 0 Å². The third-order valence-corrected chi connectivity index (χ3v) is 4.12. The van der Waals surface area contributed by atoms with Crippen LogP contribution in [0.2, 0.25) is 0 Å². The maximum absolute atomic E-state index is 12.1. The molecular weight excluding hydrogens is 280 g/mol. The fourth-order valence-corrected chi connectivity index (χ4v) is 2.60. The predicted molar refractivity (Wildman–Crippen MR) is 83.5 cm³/mol. The van der Waals surface area contributed by atoms with E-state index in [1.807, 2.05) is 24.3 Å². The van der Waals surface area contributed by atoms with E-state index in [-0.39, 0.29) is 17.7 Å². The van der Waals surface area contributed by atoms with Crippen LogP contribution in [0.3, 0.4) is 0 Å². The van der Waals surface area contributed by atoms with Crippen LogP contribution in [0.5, 0.6) is 0 Å². The fraction of sp³-hybridized carbons (Fsp3) is 0.529. The molecule has 3 rings (SSSR count). The van der Waals surface area contributed by atoms with Crippen molar-refractivity contribution < 1.29 is 14.3 Å². The predicted octanol–water partition coefficient (Wildman–Crippen LogP) is 1.87. The normalized spacial score (nSPS) is 18.7. The summed E-state index contributed by atoms with van der Waals surface area (Å²) in [5.41, 5.74) is 1.74. The summed E-state index contributed by atoms with van der Waals surface area (Å²) in [5, 5.41) is 5.91. The molecule has 118 valence electrons. The van der Waals surface area contributed by atoms with Crippen LogP contribution in [0.1, 0.15) is 31.2 Å². The molecule has 1 aliphatic heterocycles. The van der Waals surface area contributed by atoms with E-state index in [1.54, 1.807) is 0 Å². The molecule has 0 spiro atoms. The van der Waals surface area contributed by atoms with Crippen molar-refractivity contribution in [3.05, 3.63) is 29.8 Å². The minimum atomic E-state index is 0.0396. The van der Waals surface area contributed by atoms with E-state index in [0.29, 0.717) is 25.7 Å². The molecule has 0 atom stereocenters. The minimum Gasteiger partial charge on any atom is -0.381 e. The third kappa shape index (κ3) is 4.31. The van der Waals surface area contributed by atoms with Crippen molar-refractivity contribution in [2.75, 3.05) is 18.5 Å². The highest BCUT2D eigenvalue weighted by atomic mass is 16.5. The van der Waals surface area contributed by atoms with Gasteiger partial charge in [0.1, 0.15) is 0 Å². The zero-order chi connectivity index (χ0) is 15.4. The summed E-state index contributed by atoms with van der Waals surface area (Å²) in [6.45, 7) is 1.32. The van der Waals surface area contributed by atoms with Gasteiger partial charge >= 0.3 is 0 Å². The quantitative estimate of drug-likeness (QED) is 0.872. The standard InChI is InChI=1S/C17H22N2O3/c20-16(18-14-5-6-14)11-12-1-3-15(4-2-12)19-17(21)13-7-9-22-10-8-13/h1-4,13-14H,5-11H2,(H,18,20)(H,19,21). The fourth-order valence-electron chi connectivity index (χ4n) is 2.60. The highest BCUT2D eigenvalue weighted by Gasteiger charge is 2.23. The van der Waals surface area contributed by atoms with Gasteiger partial charge in [0.15, 0.2) is 0 Å². The number of amides is 2. The highest BCUT2D eigenvalue weighted by molar-refractivity contribution is 5.92. The molecule has 22 heavy (non-hydrogen) atoms. The van der Waals surface area contributed by atoms with Crippen LogP contribution in [0.25, 0.3) is 0 Å². The molecule has 1 heterocycles. The van der Waals surface area contributed by atoms with Crippen LogP contribution in [0.4, 0.5) is 5.69 Å². The Labute approximate surface area is 130 Å². The summed E-state index contributed by atoms with van der Waals surface area (Å²) in [4.78, 5) is 23.9. The molecule has 0 radical (unpaired) electrons. The maximum Gasteiger partial charge on any atom is 0.227 e. The van der Waals surface area contributed by atoms with Crippen molar-refractivity contribution in [1.29, 1.82) is 0 Å². The van der Waals surface area contributed by atoms with E-state index >= 15 is 0 Å². The lowest BCUT2D eigenvalue weighted by atomic mass is 9.99. The number of hydrogen-bond acceptors (Lipinski definition) is 3. The van der Waals surface area contributed by atoms with Crippen molar-refractivity contribution in [3.8, 4) is 0 Å². The van der Waals surface area contributed by atoms with Gasteiger partial charge in [0.2, 0.25) is 11.8 Å². The number of carbonyl (C=O) groups is 2. The lowest BCUT2D eigenvalue weighted by molar-refractivity contribution is -0.122. The lowest BCUT2D eigenvalue weighted by Gasteiger charge is -2.21. The van der Waals surface area contributed by atoms with Crippen molar-refractivity contribution in [2.45, 2.75) is 38.1 Å². The average molecular weight is 302 g/mol. The summed E-state index contributed by atoms with van der Waals surface area (Å²) in [6.07, 6.45) is 4.16. The van der Waals surface area contributed by atoms with Crippen molar-refractivity contribution >= 4 is 17.5 Å². The van der Waals surface area contributed by atoms with Gasteiger partial charge in [-0.05, 0) is 43.4 Å². The first-order valence-electron chi connectivity index (χ1n) is 7.97. The summed E-state index contributed by atoms with van der Waals surface area (Å²) in [5.74, 6) is 0.168. The largest absolute Gasteiger partial charge is 0.381 e. The zero-order valence-electron chi connectivity index (χ0n) is 12.6. The molecular formula is C17H22N2O3. The second kappa shape index (κ2) is 6.92. The van der Waals surface area contributed by atoms with Gasteiger partial charge in [-0.2, -0.15) is 0 Å². The molecule has 0 unspecified atom stereocenters. The van der Waals surface area contributed by atoms with Gasteiger partial charge in [0.05, 0.1) is 6.42 Å². The second-order valence-corrected chi connectivity index (χ2v) is 6.09. The Hall–Kier alpha value is -1.88. The van der Waals surface area contributed by atoms with E-state index in [0.717, 1.165) is 36.9 Å². The van der Waals surface area contributed by atoms with Gasteiger partial charge in [0.25, 0.3) is 0 Å². The smallest absolute Gasteiger partial charge is 0.227 e. The van der Waals surface area contributed by atoms with Gasteiger partial charge in [-0.3, -0.25) is 9.59 Å². The topological polar surface area (TPSA) is 67.4 Å². The average Bonchev–Trinajstić information content (AvgIpc) is 3.34. The Balaban J connectivity index is 1.49.